The molecule has 0 spiro atoms. The number of thiazole rings is 1. The van der Waals surface area contributed by atoms with Crippen molar-refractivity contribution in [2.75, 3.05) is 40.3 Å². The molecule has 0 atom stereocenters. The first-order valence-electron chi connectivity index (χ1n) is 9.93. The number of hydrogen-bond acceptors (Lipinski definition) is 5. The van der Waals surface area contributed by atoms with Gasteiger partial charge in [0.1, 0.15) is 0 Å². The highest BCUT2D eigenvalue weighted by Gasteiger charge is 2.06. The Hall–Kier alpha value is -1.72. The number of hydrogen-bond donors (Lipinski definition) is 3. The van der Waals surface area contributed by atoms with E-state index >= 15 is 0 Å². The molecular weight excluding hydrogens is 511 g/mol. The zero-order chi connectivity index (χ0) is 21.1. The molecule has 0 saturated heterocycles. The molecule has 1 amide bonds. The summed E-state index contributed by atoms with van der Waals surface area (Å²) in [7, 11) is 3.97. The number of likely N-dealkylation sites (N-methyl/N-ethyl adjacent to an activating group) is 1. The lowest BCUT2D eigenvalue weighted by atomic mass is 10.1. The Bertz CT molecular complexity index is 808. The van der Waals surface area contributed by atoms with Gasteiger partial charge in [-0.25, -0.2) is 9.98 Å². The molecule has 0 unspecified atom stereocenters. The van der Waals surface area contributed by atoms with Gasteiger partial charge in [-0.2, -0.15) is 0 Å². The zero-order valence-electron chi connectivity index (χ0n) is 18.2. The summed E-state index contributed by atoms with van der Waals surface area (Å²) in [5.74, 6) is 0.711. The highest BCUT2D eigenvalue weighted by Crippen LogP contribution is 2.11. The van der Waals surface area contributed by atoms with Crippen molar-refractivity contribution >= 4 is 47.2 Å². The highest BCUT2D eigenvalue weighted by molar-refractivity contribution is 14.0. The Morgan fingerprint density at radius 2 is 2.00 bits per heavy atom. The number of aromatic nitrogens is 1. The normalized spacial score (nSPS) is 11.2. The number of carbonyl (C=O) groups is 1. The molecule has 2 aromatic rings. The smallest absolute Gasteiger partial charge is 0.251 e. The average molecular weight is 545 g/mol. The van der Waals surface area contributed by atoms with Crippen LogP contribution in [0, 0.1) is 6.92 Å². The van der Waals surface area contributed by atoms with Gasteiger partial charge in [-0.3, -0.25) is 4.79 Å². The Balaban J connectivity index is 0.00000450. The third-order valence-corrected chi connectivity index (χ3v) is 5.07. The summed E-state index contributed by atoms with van der Waals surface area (Å²) in [6.07, 6.45) is 2.77. The molecule has 7 nitrogen and oxygen atoms in total. The number of halogens is 1. The molecule has 30 heavy (non-hydrogen) atoms. The number of aryl methyl sites for hydroxylation is 1. The predicted molar refractivity (Wildman–Crippen MR) is 136 cm³/mol. The first-order chi connectivity index (χ1) is 14.0. The van der Waals surface area contributed by atoms with Crippen LogP contribution in [0.15, 0.2) is 35.5 Å². The molecule has 2 rings (SSSR count). The van der Waals surface area contributed by atoms with E-state index in [4.69, 9.17) is 0 Å². The van der Waals surface area contributed by atoms with Gasteiger partial charge in [0.15, 0.2) is 5.96 Å². The molecule has 0 saturated carbocycles. The van der Waals surface area contributed by atoms with Crippen LogP contribution in [0.4, 0.5) is 0 Å². The van der Waals surface area contributed by atoms with Gasteiger partial charge in [0.2, 0.25) is 0 Å². The quantitative estimate of drug-likeness (QED) is 0.244. The van der Waals surface area contributed by atoms with Gasteiger partial charge >= 0.3 is 0 Å². The first-order valence-corrected chi connectivity index (χ1v) is 10.7. The van der Waals surface area contributed by atoms with Crippen molar-refractivity contribution in [2.24, 2.45) is 4.99 Å². The molecule has 166 valence electrons. The fraction of sp³-hybridized carbons (Fsp3) is 0.476. The number of rotatable bonds is 10. The predicted octanol–water partition coefficient (Wildman–Crippen LogP) is 2.66. The summed E-state index contributed by atoms with van der Waals surface area (Å²) >= 11 is 1.72. The van der Waals surface area contributed by atoms with Crippen LogP contribution in [0.3, 0.4) is 0 Å². The fourth-order valence-corrected chi connectivity index (χ4v) is 3.41. The molecule has 1 aromatic heterocycles. The fourth-order valence-electron chi connectivity index (χ4n) is 2.62. The van der Waals surface area contributed by atoms with Gasteiger partial charge in [0.25, 0.3) is 5.91 Å². The second-order valence-electron chi connectivity index (χ2n) is 7.00. The summed E-state index contributed by atoms with van der Waals surface area (Å²) < 4.78 is 0. The SMILES string of the molecule is CCNC(=NCc1cccc(C(=O)NCCN(C)C)c1)NCCc1ncc(C)s1.I. The molecular formula is C21H33IN6OS. The van der Waals surface area contributed by atoms with Crippen LogP contribution in [-0.4, -0.2) is 62.0 Å². The van der Waals surface area contributed by atoms with E-state index in [0.717, 1.165) is 42.6 Å². The van der Waals surface area contributed by atoms with Crippen LogP contribution in [0.25, 0.3) is 0 Å². The van der Waals surface area contributed by atoms with Crippen LogP contribution in [0.1, 0.15) is 32.7 Å². The largest absolute Gasteiger partial charge is 0.357 e. The number of aliphatic imine (C=N–C) groups is 1. The second-order valence-corrected chi connectivity index (χ2v) is 8.32. The van der Waals surface area contributed by atoms with Crippen LogP contribution in [-0.2, 0) is 13.0 Å². The van der Waals surface area contributed by atoms with E-state index in [1.807, 2.05) is 56.4 Å². The Kier molecular flexibility index (Phi) is 12.6. The Morgan fingerprint density at radius 1 is 1.20 bits per heavy atom. The van der Waals surface area contributed by atoms with Crippen LogP contribution in [0.2, 0.25) is 0 Å². The number of amides is 1. The minimum Gasteiger partial charge on any atom is -0.357 e. The van der Waals surface area contributed by atoms with E-state index in [2.05, 4.69) is 32.9 Å². The minimum atomic E-state index is -0.0542. The third kappa shape index (κ3) is 9.86. The Labute approximate surface area is 200 Å². The molecule has 1 aromatic carbocycles. The van der Waals surface area contributed by atoms with Gasteiger partial charge in [0, 0.05) is 49.2 Å². The minimum absolute atomic E-state index is 0. The van der Waals surface area contributed by atoms with Crippen molar-refractivity contribution in [1.29, 1.82) is 0 Å². The van der Waals surface area contributed by atoms with E-state index in [9.17, 15) is 4.79 Å². The lowest BCUT2D eigenvalue weighted by Crippen LogP contribution is -2.38. The molecule has 0 aliphatic heterocycles. The zero-order valence-corrected chi connectivity index (χ0v) is 21.3. The molecule has 1 heterocycles. The second kappa shape index (κ2) is 14.3. The molecule has 0 aliphatic carbocycles. The lowest BCUT2D eigenvalue weighted by Gasteiger charge is -2.12. The Morgan fingerprint density at radius 3 is 2.67 bits per heavy atom. The topological polar surface area (TPSA) is 81.7 Å². The van der Waals surface area contributed by atoms with Gasteiger partial charge in [-0.15, -0.1) is 35.3 Å². The summed E-state index contributed by atoms with van der Waals surface area (Å²) in [6, 6.07) is 7.62. The standard InChI is InChI=1S/C21H32N6OS.HI/c1-5-22-21(24-10-9-19-25-14-16(2)29-19)26-15-17-7-6-8-18(13-17)20(28)23-11-12-27(3)4;/h6-8,13-14H,5,9-12,15H2,1-4H3,(H,23,28)(H2,22,24,26);1H. The van der Waals surface area contributed by atoms with Crippen molar-refractivity contribution in [3.8, 4) is 0 Å². The van der Waals surface area contributed by atoms with Gasteiger partial charge in [-0.1, -0.05) is 12.1 Å². The molecule has 0 fully saturated rings. The average Bonchev–Trinajstić information content (AvgIpc) is 3.11. The monoisotopic (exact) mass is 544 g/mol. The van der Waals surface area contributed by atoms with Gasteiger partial charge in [-0.05, 0) is 45.6 Å². The summed E-state index contributed by atoms with van der Waals surface area (Å²) in [4.78, 5) is 24.6. The van der Waals surface area contributed by atoms with Gasteiger partial charge in [0.05, 0.1) is 11.6 Å². The van der Waals surface area contributed by atoms with Crippen molar-refractivity contribution in [3.05, 3.63) is 51.5 Å². The molecule has 9 heteroatoms. The maximum absolute atomic E-state index is 12.3. The summed E-state index contributed by atoms with van der Waals surface area (Å²) in [6.45, 7) is 7.61. The van der Waals surface area contributed by atoms with Crippen molar-refractivity contribution in [2.45, 2.75) is 26.8 Å². The van der Waals surface area contributed by atoms with Crippen LogP contribution in [0.5, 0.6) is 0 Å². The summed E-state index contributed by atoms with van der Waals surface area (Å²) in [5.41, 5.74) is 1.66. The maximum Gasteiger partial charge on any atom is 0.251 e. The molecule has 0 bridgehead atoms. The summed E-state index contributed by atoms with van der Waals surface area (Å²) in [5, 5.41) is 10.7. The number of benzene rings is 1. The highest BCUT2D eigenvalue weighted by atomic mass is 127. The van der Waals surface area contributed by atoms with Gasteiger partial charge < -0.3 is 20.9 Å². The van der Waals surface area contributed by atoms with E-state index in [1.165, 1.54) is 4.88 Å². The van der Waals surface area contributed by atoms with E-state index in [-0.39, 0.29) is 29.9 Å². The molecule has 0 aliphatic rings. The maximum atomic E-state index is 12.3. The lowest BCUT2D eigenvalue weighted by molar-refractivity contribution is 0.0951. The molecule has 3 N–H and O–H groups in total. The number of guanidine groups is 1. The van der Waals surface area contributed by atoms with Crippen molar-refractivity contribution in [3.63, 3.8) is 0 Å². The van der Waals surface area contributed by atoms with Crippen LogP contribution >= 0.6 is 35.3 Å². The van der Waals surface area contributed by atoms with E-state index < -0.39 is 0 Å². The number of nitrogens with one attached hydrogen (secondary N) is 3. The number of carbonyl (C=O) groups excluding carboxylic acids is 1. The van der Waals surface area contributed by atoms with Crippen molar-refractivity contribution in [1.82, 2.24) is 25.8 Å². The third-order valence-electron chi connectivity index (χ3n) is 4.10. The van der Waals surface area contributed by atoms with E-state index in [1.54, 1.807) is 11.3 Å². The van der Waals surface area contributed by atoms with E-state index in [0.29, 0.717) is 18.7 Å². The van der Waals surface area contributed by atoms with Crippen molar-refractivity contribution < 1.29 is 4.79 Å². The first kappa shape index (κ1) is 26.3. The molecule has 0 radical (unpaired) electrons. The van der Waals surface area contributed by atoms with Crippen LogP contribution < -0.4 is 16.0 Å². The number of nitrogens with zero attached hydrogens (tertiary/aromatic N) is 3.